The number of H-pyrrole nitrogens is 1. The molecule has 3 rings (SSSR count). The molecular weight excluding hydrogens is 297 g/mol. The number of anilines is 2. The number of hydrogen-bond donors (Lipinski definition) is 4. The lowest BCUT2D eigenvalue weighted by Crippen LogP contribution is -2.25. The quantitative estimate of drug-likeness (QED) is 0.697. The number of nitrogens with zero attached hydrogens (tertiary/aromatic N) is 1. The fourth-order valence-corrected chi connectivity index (χ4v) is 2.65. The molecular formula is C16H20FN5O. The molecule has 2 heterocycles. The Kier molecular flexibility index (Phi) is 4.29. The number of aromatic nitrogens is 2. The van der Waals surface area contributed by atoms with Gasteiger partial charge < -0.3 is 16.0 Å². The molecule has 1 aliphatic rings. The van der Waals surface area contributed by atoms with Gasteiger partial charge in [0.25, 0.3) is 5.91 Å². The maximum Gasteiger partial charge on any atom is 0.276 e. The molecule has 1 aliphatic heterocycles. The van der Waals surface area contributed by atoms with Crippen LogP contribution in [0.4, 0.5) is 15.8 Å². The van der Waals surface area contributed by atoms with Crippen LogP contribution in [0, 0.1) is 5.82 Å². The van der Waals surface area contributed by atoms with Crippen molar-refractivity contribution < 1.29 is 9.18 Å². The van der Waals surface area contributed by atoms with Gasteiger partial charge in [-0.05, 0) is 32.0 Å². The Morgan fingerprint density at radius 2 is 2.17 bits per heavy atom. The number of amides is 1. The molecule has 6 nitrogen and oxygen atoms in total. The molecule has 0 atom stereocenters. The number of carbonyl (C=O) groups excluding carboxylic acids is 1. The normalized spacial score (nSPS) is 13.7. The molecule has 122 valence electrons. The monoisotopic (exact) mass is 317 g/mol. The van der Waals surface area contributed by atoms with E-state index in [0.29, 0.717) is 23.6 Å². The first-order valence-corrected chi connectivity index (χ1v) is 7.69. The largest absolute Gasteiger partial charge is 0.381 e. The van der Waals surface area contributed by atoms with Crippen LogP contribution in [0.2, 0.25) is 0 Å². The average Bonchev–Trinajstić information content (AvgIpc) is 2.93. The van der Waals surface area contributed by atoms with E-state index in [1.54, 1.807) is 6.07 Å². The number of aromatic amines is 1. The molecule has 0 radical (unpaired) electrons. The summed E-state index contributed by atoms with van der Waals surface area (Å²) in [4.78, 5) is 12.5. The first kappa shape index (κ1) is 15.5. The molecule has 0 unspecified atom stereocenters. The molecule has 4 N–H and O–H groups in total. The maximum atomic E-state index is 13.5. The molecule has 1 aromatic heterocycles. The lowest BCUT2D eigenvalue weighted by atomic mass is 10.1. The molecule has 0 saturated heterocycles. The van der Waals surface area contributed by atoms with Gasteiger partial charge in [0.2, 0.25) is 0 Å². The minimum absolute atomic E-state index is 0.165. The Labute approximate surface area is 133 Å². The van der Waals surface area contributed by atoms with E-state index in [1.165, 1.54) is 12.1 Å². The predicted molar refractivity (Wildman–Crippen MR) is 87.1 cm³/mol. The summed E-state index contributed by atoms with van der Waals surface area (Å²) in [6.45, 7) is 5.42. The number of benzene rings is 1. The maximum absolute atomic E-state index is 13.5. The fraction of sp³-hybridized carbons (Fsp3) is 0.375. The van der Waals surface area contributed by atoms with E-state index in [1.807, 2.05) is 13.8 Å². The van der Waals surface area contributed by atoms with E-state index >= 15 is 0 Å². The second kappa shape index (κ2) is 6.37. The third-order valence-corrected chi connectivity index (χ3v) is 3.70. The van der Waals surface area contributed by atoms with Crippen molar-refractivity contribution in [1.29, 1.82) is 0 Å². The van der Waals surface area contributed by atoms with Crippen molar-refractivity contribution in [2.24, 2.45) is 0 Å². The number of fused-ring (bicyclic) bond motifs is 1. The van der Waals surface area contributed by atoms with Gasteiger partial charge in [0.15, 0.2) is 5.69 Å². The van der Waals surface area contributed by atoms with Crippen molar-refractivity contribution in [2.75, 3.05) is 17.2 Å². The SMILES string of the molecule is CC(C)Nc1ccc(F)cc1NC(=O)c1n[nH]c2c1CNCC2. The molecule has 0 bridgehead atoms. The summed E-state index contributed by atoms with van der Waals surface area (Å²) >= 11 is 0. The lowest BCUT2D eigenvalue weighted by molar-refractivity contribution is 0.102. The molecule has 1 aromatic carbocycles. The highest BCUT2D eigenvalue weighted by Gasteiger charge is 2.22. The van der Waals surface area contributed by atoms with Gasteiger partial charge in [-0.1, -0.05) is 0 Å². The van der Waals surface area contributed by atoms with E-state index in [4.69, 9.17) is 0 Å². The number of carbonyl (C=O) groups is 1. The minimum atomic E-state index is -0.402. The van der Waals surface area contributed by atoms with E-state index in [2.05, 4.69) is 26.1 Å². The number of nitrogens with one attached hydrogen (secondary N) is 4. The second-order valence-corrected chi connectivity index (χ2v) is 5.90. The molecule has 0 fully saturated rings. The van der Waals surface area contributed by atoms with Gasteiger partial charge in [0.1, 0.15) is 5.82 Å². The fourth-order valence-electron chi connectivity index (χ4n) is 2.65. The van der Waals surface area contributed by atoms with Crippen molar-refractivity contribution in [1.82, 2.24) is 15.5 Å². The molecule has 0 spiro atoms. The third kappa shape index (κ3) is 3.34. The Hall–Kier alpha value is -2.41. The minimum Gasteiger partial charge on any atom is -0.381 e. The van der Waals surface area contributed by atoms with Crippen molar-refractivity contribution in [2.45, 2.75) is 32.9 Å². The van der Waals surface area contributed by atoms with E-state index in [-0.39, 0.29) is 11.9 Å². The zero-order chi connectivity index (χ0) is 16.4. The highest BCUT2D eigenvalue weighted by Crippen LogP contribution is 2.25. The standard InChI is InChI=1S/C16H20FN5O/c1-9(2)19-13-4-3-10(17)7-14(13)20-16(23)15-11-8-18-6-5-12(11)21-22-15/h3-4,7,9,18-19H,5-6,8H2,1-2H3,(H,20,23)(H,21,22). The topological polar surface area (TPSA) is 81.8 Å². The van der Waals surface area contributed by atoms with Gasteiger partial charge >= 0.3 is 0 Å². The first-order chi connectivity index (χ1) is 11.0. The van der Waals surface area contributed by atoms with Crippen LogP contribution in [-0.4, -0.2) is 28.7 Å². The van der Waals surface area contributed by atoms with Crippen LogP contribution in [0.3, 0.4) is 0 Å². The molecule has 1 amide bonds. The Morgan fingerprint density at radius 1 is 1.35 bits per heavy atom. The van der Waals surface area contributed by atoms with Crippen molar-refractivity contribution >= 4 is 17.3 Å². The zero-order valence-corrected chi connectivity index (χ0v) is 13.2. The number of rotatable bonds is 4. The van der Waals surface area contributed by atoms with Gasteiger partial charge in [-0.3, -0.25) is 9.89 Å². The molecule has 7 heteroatoms. The Balaban J connectivity index is 1.85. The molecule has 0 saturated carbocycles. The highest BCUT2D eigenvalue weighted by molar-refractivity contribution is 6.05. The van der Waals surface area contributed by atoms with Crippen molar-refractivity contribution in [3.05, 3.63) is 41.0 Å². The number of hydrogen-bond acceptors (Lipinski definition) is 4. The number of halogens is 1. The summed E-state index contributed by atoms with van der Waals surface area (Å²) in [5, 5.41) is 16.2. The molecule has 0 aliphatic carbocycles. The van der Waals surface area contributed by atoms with E-state index in [0.717, 1.165) is 24.2 Å². The summed E-state index contributed by atoms with van der Waals surface area (Å²) < 4.78 is 13.5. The van der Waals surface area contributed by atoms with Crippen LogP contribution in [0.1, 0.15) is 35.6 Å². The van der Waals surface area contributed by atoms with Gasteiger partial charge in [-0.25, -0.2) is 4.39 Å². The van der Waals surface area contributed by atoms with Crippen LogP contribution < -0.4 is 16.0 Å². The summed E-state index contributed by atoms with van der Waals surface area (Å²) in [5.74, 6) is -0.746. The van der Waals surface area contributed by atoms with Crippen molar-refractivity contribution in [3.8, 4) is 0 Å². The van der Waals surface area contributed by atoms with Crippen molar-refractivity contribution in [3.63, 3.8) is 0 Å². The third-order valence-electron chi connectivity index (χ3n) is 3.70. The van der Waals surface area contributed by atoms with Crippen LogP contribution in [0.5, 0.6) is 0 Å². The van der Waals surface area contributed by atoms with Gasteiger partial charge in [0, 0.05) is 36.8 Å². The van der Waals surface area contributed by atoms with Gasteiger partial charge in [-0.15, -0.1) is 0 Å². The average molecular weight is 317 g/mol. The summed E-state index contributed by atoms with van der Waals surface area (Å²) in [6, 6.07) is 4.45. The Morgan fingerprint density at radius 3 is 2.96 bits per heavy atom. The Bertz CT molecular complexity index is 725. The van der Waals surface area contributed by atoms with Gasteiger partial charge in [0.05, 0.1) is 11.4 Å². The van der Waals surface area contributed by atoms with Crippen LogP contribution in [-0.2, 0) is 13.0 Å². The summed E-state index contributed by atoms with van der Waals surface area (Å²) in [5.41, 5.74) is 3.30. The smallest absolute Gasteiger partial charge is 0.276 e. The first-order valence-electron chi connectivity index (χ1n) is 7.69. The van der Waals surface area contributed by atoms with Crippen LogP contribution in [0.25, 0.3) is 0 Å². The van der Waals surface area contributed by atoms with E-state index < -0.39 is 5.82 Å². The zero-order valence-electron chi connectivity index (χ0n) is 13.2. The summed E-state index contributed by atoms with van der Waals surface area (Å²) in [6.07, 6.45) is 0.815. The summed E-state index contributed by atoms with van der Waals surface area (Å²) in [7, 11) is 0. The second-order valence-electron chi connectivity index (χ2n) is 5.90. The van der Waals surface area contributed by atoms with Crippen LogP contribution in [0.15, 0.2) is 18.2 Å². The molecule has 2 aromatic rings. The van der Waals surface area contributed by atoms with Gasteiger partial charge in [-0.2, -0.15) is 5.10 Å². The lowest BCUT2D eigenvalue weighted by Gasteiger charge is -2.16. The van der Waals surface area contributed by atoms with Crippen LogP contribution >= 0.6 is 0 Å². The van der Waals surface area contributed by atoms with E-state index in [9.17, 15) is 9.18 Å². The highest BCUT2D eigenvalue weighted by atomic mass is 19.1. The molecule has 23 heavy (non-hydrogen) atoms. The predicted octanol–water partition coefficient (Wildman–Crippen LogP) is 2.27.